The molecule has 0 saturated heterocycles. The Hall–Kier alpha value is -0.950. The Labute approximate surface area is 111 Å². The molecule has 104 valence electrons. The van der Waals surface area contributed by atoms with Crippen LogP contribution >= 0.6 is 11.8 Å². The number of carboxylic acid groups (broad SMARTS) is 1. The third kappa shape index (κ3) is 4.38. The highest BCUT2D eigenvalue weighted by atomic mass is 32.2. The molecule has 4 N–H and O–H groups in total. The van der Waals surface area contributed by atoms with Gasteiger partial charge in [0, 0.05) is 11.3 Å². The fraction of sp³-hybridized carbons (Fsp3) is 0.818. The monoisotopic (exact) mass is 276 g/mol. The second-order valence-corrected chi connectivity index (χ2v) is 5.74. The zero-order chi connectivity index (χ0) is 13.5. The quantitative estimate of drug-likeness (QED) is 0.563. The van der Waals surface area contributed by atoms with Gasteiger partial charge in [0.25, 0.3) is 0 Å². The molecular weight excluding hydrogens is 256 g/mol. The highest BCUT2D eigenvalue weighted by Gasteiger charge is 2.29. The van der Waals surface area contributed by atoms with Gasteiger partial charge in [0.2, 0.25) is 0 Å². The van der Waals surface area contributed by atoms with Gasteiger partial charge in [0.15, 0.2) is 6.04 Å². The predicted octanol–water partition coefficient (Wildman–Crippen LogP) is 0.405. The summed E-state index contributed by atoms with van der Waals surface area (Å²) in [5.74, 6) is -0.239. The molecule has 1 saturated carbocycles. The predicted molar refractivity (Wildman–Crippen MR) is 69.7 cm³/mol. The summed E-state index contributed by atoms with van der Waals surface area (Å²) in [7, 11) is 0. The first-order valence-corrected chi connectivity index (χ1v) is 7.15. The van der Waals surface area contributed by atoms with Gasteiger partial charge in [-0.25, -0.2) is 9.59 Å². The molecule has 0 bridgehead atoms. The number of carboxylic acids is 1. The lowest BCUT2D eigenvalue weighted by Crippen LogP contribution is -2.51. The fourth-order valence-electron chi connectivity index (χ4n) is 2.06. The van der Waals surface area contributed by atoms with E-state index in [1.165, 1.54) is 0 Å². The molecule has 7 heteroatoms. The first kappa shape index (κ1) is 15.1. The molecule has 18 heavy (non-hydrogen) atoms. The van der Waals surface area contributed by atoms with Crippen LogP contribution in [0.5, 0.6) is 0 Å². The van der Waals surface area contributed by atoms with Crippen molar-refractivity contribution in [1.82, 2.24) is 10.6 Å². The van der Waals surface area contributed by atoms with E-state index in [1.807, 2.05) is 11.8 Å². The summed E-state index contributed by atoms with van der Waals surface area (Å²) < 4.78 is 0. The van der Waals surface area contributed by atoms with Crippen molar-refractivity contribution in [2.75, 3.05) is 12.4 Å². The molecule has 1 aliphatic rings. The smallest absolute Gasteiger partial charge is 0.328 e. The van der Waals surface area contributed by atoms with Crippen LogP contribution in [0.3, 0.4) is 0 Å². The fourth-order valence-corrected chi connectivity index (χ4v) is 3.26. The van der Waals surface area contributed by atoms with Crippen LogP contribution in [0.2, 0.25) is 0 Å². The summed E-state index contributed by atoms with van der Waals surface area (Å²) in [4.78, 5) is 22.3. The van der Waals surface area contributed by atoms with Crippen molar-refractivity contribution in [2.45, 2.75) is 43.5 Å². The number of hydrogen-bond donors (Lipinski definition) is 4. The van der Waals surface area contributed by atoms with E-state index in [1.54, 1.807) is 0 Å². The summed E-state index contributed by atoms with van der Waals surface area (Å²) in [6, 6.07) is -1.68. The zero-order valence-corrected chi connectivity index (χ0v) is 11.2. The summed E-state index contributed by atoms with van der Waals surface area (Å²) in [5, 5.41) is 23.0. The minimum atomic E-state index is -1.25. The number of hydrogen-bond acceptors (Lipinski definition) is 4. The van der Waals surface area contributed by atoms with Gasteiger partial charge in [-0.2, -0.15) is 11.8 Å². The van der Waals surface area contributed by atoms with Gasteiger partial charge < -0.3 is 20.8 Å². The van der Waals surface area contributed by atoms with Crippen LogP contribution in [0.4, 0.5) is 4.79 Å². The summed E-state index contributed by atoms with van der Waals surface area (Å²) in [6.07, 6.45) is 3.07. The van der Waals surface area contributed by atoms with E-state index in [-0.39, 0.29) is 6.04 Å². The molecule has 0 aromatic rings. The maximum atomic E-state index is 11.6. The number of amides is 2. The van der Waals surface area contributed by atoms with Crippen LogP contribution in [-0.4, -0.2) is 51.9 Å². The minimum Gasteiger partial charge on any atom is -0.480 e. The van der Waals surface area contributed by atoms with Crippen molar-refractivity contribution in [3.05, 3.63) is 0 Å². The molecule has 0 aromatic heterocycles. The number of urea groups is 1. The number of carbonyl (C=O) groups is 2. The maximum Gasteiger partial charge on any atom is 0.328 e. The van der Waals surface area contributed by atoms with Gasteiger partial charge >= 0.3 is 12.0 Å². The zero-order valence-electron chi connectivity index (χ0n) is 10.4. The van der Waals surface area contributed by atoms with Gasteiger partial charge in [-0.05, 0) is 18.6 Å². The highest BCUT2D eigenvalue weighted by molar-refractivity contribution is 7.99. The lowest BCUT2D eigenvalue weighted by molar-refractivity contribution is -0.140. The lowest BCUT2D eigenvalue weighted by Gasteiger charge is -2.21. The molecule has 0 radical (unpaired) electrons. The molecule has 6 nitrogen and oxygen atoms in total. The number of rotatable bonds is 6. The van der Waals surface area contributed by atoms with Crippen LogP contribution < -0.4 is 10.6 Å². The largest absolute Gasteiger partial charge is 0.480 e. The Balaban J connectivity index is 2.41. The Morgan fingerprint density at radius 1 is 1.44 bits per heavy atom. The van der Waals surface area contributed by atoms with E-state index in [9.17, 15) is 9.59 Å². The van der Waals surface area contributed by atoms with E-state index in [4.69, 9.17) is 10.2 Å². The summed E-state index contributed by atoms with van der Waals surface area (Å²) in [6.45, 7) is 1.47. The van der Waals surface area contributed by atoms with Gasteiger partial charge in [-0.1, -0.05) is 13.3 Å². The van der Waals surface area contributed by atoms with Crippen LogP contribution in [0.1, 0.15) is 26.2 Å². The van der Waals surface area contributed by atoms with Crippen LogP contribution in [-0.2, 0) is 4.79 Å². The maximum absolute atomic E-state index is 11.6. The third-order valence-corrected chi connectivity index (χ3v) is 4.26. The standard InChI is InChI=1S/C11H20N2O4S/c1-2-18-9-5-3-4-7(9)12-11(17)13-8(6-14)10(15)16/h7-9,14H,2-6H2,1H3,(H,15,16)(H2,12,13,17). The second-order valence-electron chi connectivity index (χ2n) is 4.22. The van der Waals surface area contributed by atoms with Gasteiger partial charge in [-0.15, -0.1) is 0 Å². The Bertz CT molecular complexity index is 301. The van der Waals surface area contributed by atoms with Gasteiger partial charge in [0.1, 0.15) is 0 Å². The van der Waals surface area contributed by atoms with E-state index in [2.05, 4.69) is 17.6 Å². The molecule has 1 aliphatic carbocycles. The third-order valence-electron chi connectivity index (χ3n) is 2.94. The SMILES string of the molecule is CCSC1CCCC1NC(=O)NC(CO)C(=O)O. The topological polar surface area (TPSA) is 98.7 Å². The molecular formula is C11H20N2O4S. The normalized spacial score (nSPS) is 24.6. The van der Waals surface area contributed by atoms with E-state index >= 15 is 0 Å². The van der Waals surface area contributed by atoms with Gasteiger partial charge in [-0.3, -0.25) is 0 Å². The Morgan fingerprint density at radius 2 is 2.17 bits per heavy atom. The molecule has 0 spiro atoms. The van der Waals surface area contributed by atoms with Crippen LogP contribution in [0.25, 0.3) is 0 Å². The van der Waals surface area contributed by atoms with Crippen molar-refractivity contribution in [2.24, 2.45) is 0 Å². The first-order chi connectivity index (χ1) is 8.58. The molecule has 0 aliphatic heterocycles. The molecule has 2 amide bonds. The molecule has 0 aromatic carbocycles. The lowest BCUT2D eigenvalue weighted by atomic mass is 10.2. The Morgan fingerprint density at radius 3 is 2.72 bits per heavy atom. The van der Waals surface area contributed by atoms with E-state index in [0.717, 1.165) is 25.0 Å². The Kier molecular flexibility index (Phi) is 6.28. The van der Waals surface area contributed by atoms with Crippen LogP contribution in [0.15, 0.2) is 0 Å². The average Bonchev–Trinajstić information content (AvgIpc) is 2.73. The second kappa shape index (κ2) is 7.48. The number of nitrogens with one attached hydrogen (secondary N) is 2. The molecule has 3 unspecified atom stereocenters. The highest BCUT2D eigenvalue weighted by Crippen LogP contribution is 2.29. The number of thioether (sulfide) groups is 1. The van der Waals surface area contributed by atoms with Crippen LogP contribution in [0, 0.1) is 0 Å². The number of aliphatic hydroxyl groups is 1. The number of aliphatic hydroxyl groups excluding tert-OH is 1. The first-order valence-electron chi connectivity index (χ1n) is 6.10. The summed E-state index contributed by atoms with van der Waals surface area (Å²) in [5.41, 5.74) is 0. The molecule has 1 fully saturated rings. The van der Waals surface area contributed by atoms with E-state index < -0.39 is 24.6 Å². The minimum absolute atomic E-state index is 0.0862. The molecule has 3 atom stereocenters. The van der Waals surface area contributed by atoms with Crippen molar-refractivity contribution in [3.8, 4) is 0 Å². The van der Waals surface area contributed by atoms with Crippen molar-refractivity contribution < 1.29 is 19.8 Å². The van der Waals surface area contributed by atoms with Crippen molar-refractivity contribution in [1.29, 1.82) is 0 Å². The number of aliphatic carboxylic acids is 1. The summed E-state index contributed by atoms with van der Waals surface area (Å²) >= 11 is 1.81. The van der Waals surface area contributed by atoms with Gasteiger partial charge in [0.05, 0.1) is 6.61 Å². The average molecular weight is 276 g/mol. The van der Waals surface area contributed by atoms with Crippen molar-refractivity contribution in [3.63, 3.8) is 0 Å². The molecule has 1 rings (SSSR count). The number of carbonyl (C=O) groups excluding carboxylic acids is 1. The molecule has 0 heterocycles. The van der Waals surface area contributed by atoms with E-state index in [0.29, 0.717) is 5.25 Å². The van der Waals surface area contributed by atoms with Crippen molar-refractivity contribution >= 4 is 23.8 Å².